The van der Waals surface area contributed by atoms with Gasteiger partial charge >= 0.3 is 0 Å². The summed E-state index contributed by atoms with van der Waals surface area (Å²) in [5.74, 6) is 0.731. The lowest BCUT2D eigenvalue weighted by atomic mass is 10.2. The minimum absolute atomic E-state index is 0.458. The molecule has 0 radical (unpaired) electrons. The molecule has 18 heavy (non-hydrogen) atoms. The van der Waals surface area contributed by atoms with Crippen LogP contribution in [0.25, 0.3) is 0 Å². The molecule has 0 saturated carbocycles. The van der Waals surface area contributed by atoms with E-state index in [-0.39, 0.29) is 0 Å². The molecule has 2 aromatic rings. The van der Waals surface area contributed by atoms with E-state index in [0.717, 1.165) is 21.3 Å². The van der Waals surface area contributed by atoms with Crippen LogP contribution >= 0.6 is 15.9 Å². The Hall–Kier alpha value is -1.88. The van der Waals surface area contributed by atoms with E-state index in [2.05, 4.69) is 26.1 Å². The molecule has 0 aliphatic heterocycles. The summed E-state index contributed by atoms with van der Waals surface area (Å²) in [5.41, 5.74) is 1.79. The number of hydrogen-bond donors (Lipinski definition) is 1. The highest BCUT2D eigenvalue weighted by molar-refractivity contribution is 9.10. The Balaban J connectivity index is 2.06. The van der Waals surface area contributed by atoms with Crippen molar-refractivity contribution >= 4 is 22.1 Å². The number of ether oxygens (including phenoxy) is 1. The largest absolute Gasteiger partial charge is 0.488 e. The Morgan fingerprint density at radius 2 is 2.28 bits per heavy atom. The highest BCUT2D eigenvalue weighted by atomic mass is 79.9. The van der Waals surface area contributed by atoms with Crippen LogP contribution in [0, 0.1) is 0 Å². The van der Waals surface area contributed by atoms with Crippen molar-refractivity contribution in [3.8, 4) is 5.75 Å². The average Bonchev–Trinajstić information content (AvgIpc) is 2.39. The first-order valence-corrected chi connectivity index (χ1v) is 6.07. The van der Waals surface area contributed by atoms with E-state index in [1.54, 1.807) is 12.4 Å². The van der Waals surface area contributed by atoms with Gasteiger partial charge in [-0.15, -0.1) is 0 Å². The zero-order chi connectivity index (χ0) is 12.8. The van der Waals surface area contributed by atoms with Crippen molar-refractivity contribution in [2.75, 3.05) is 0 Å². The fourth-order valence-electron chi connectivity index (χ4n) is 1.43. The Morgan fingerprint density at radius 1 is 1.39 bits per heavy atom. The van der Waals surface area contributed by atoms with Gasteiger partial charge in [0.05, 0.1) is 10.7 Å². The molecular formula is C13H11BrN2O2. The standard InChI is InChI=1S/C13H11BrN2O2/c14-12-6-10(8-16-17)3-4-13(12)18-9-11-2-1-5-15-7-11/h1-8,17H,9H2/b16-8+. The molecule has 0 fully saturated rings. The van der Waals surface area contributed by atoms with E-state index in [1.807, 2.05) is 30.3 Å². The lowest BCUT2D eigenvalue weighted by molar-refractivity contribution is 0.303. The number of hydrogen-bond acceptors (Lipinski definition) is 4. The number of halogens is 1. The van der Waals surface area contributed by atoms with Crippen molar-refractivity contribution in [3.63, 3.8) is 0 Å². The second kappa shape index (κ2) is 6.16. The number of pyridine rings is 1. The zero-order valence-corrected chi connectivity index (χ0v) is 11.0. The molecular weight excluding hydrogens is 296 g/mol. The first-order valence-electron chi connectivity index (χ1n) is 5.28. The molecule has 4 nitrogen and oxygen atoms in total. The second-order valence-electron chi connectivity index (χ2n) is 3.58. The predicted octanol–water partition coefficient (Wildman–Crippen LogP) is 3.23. The summed E-state index contributed by atoms with van der Waals surface area (Å²) >= 11 is 3.41. The fraction of sp³-hybridized carbons (Fsp3) is 0.0769. The molecule has 1 aromatic carbocycles. The molecule has 0 atom stereocenters. The van der Waals surface area contributed by atoms with Crippen molar-refractivity contribution in [1.82, 2.24) is 4.98 Å². The molecule has 92 valence electrons. The third-order valence-electron chi connectivity index (χ3n) is 2.28. The Labute approximate surface area is 113 Å². The molecule has 1 N–H and O–H groups in total. The van der Waals surface area contributed by atoms with E-state index >= 15 is 0 Å². The maximum Gasteiger partial charge on any atom is 0.134 e. The molecule has 2 rings (SSSR count). The van der Waals surface area contributed by atoms with Crippen molar-refractivity contribution in [3.05, 3.63) is 58.3 Å². The molecule has 1 aromatic heterocycles. The van der Waals surface area contributed by atoms with Gasteiger partial charge in [-0.2, -0.15) is 0 Å². The SMILES string of the molecule is O/N=C/c1ccc(OCc2cccnc2)c(Br)c1. The predicted molar refractivity (Wildman–Crippen MR) is 72.1 cm³/mol. The first kappa shape index (κ1) is 12.6. The monoisotopic (exact) mass is 306 g/mol. The van der Waals surface area contributed by atoms with E-state index in [4.69, 9.17) is 9.94 Å². The van der Waals surface area contributed by atoms with Crippen molar-refractivity contribution in [2.45, 2.75) is 6.61 Å². The molecule has 0 amide bonds. The highest BCUT2D eigenvalue weighted by Crippen LogP contribution is 2.26. The van der Waals surface area contributed by atoms with Gasteiger partial charge in [0.15, 0.2) is 0 Å². The third kappa shape index (κ3) is 3.30. The topological polar surface area (TPSA) is 54.7 Å². The van der Waals surface area contributed by atoms with Gasteiger partial charge in [-0.3, -0.25) is 4.98 Å². The van der Waals surface area contributed by atoms with Crippen molar-refractivity contribution < 1.29 is 9.94 Å². The van der Waals surface area contributed by atoms with E-state index < -0.39 is 0 Å². The lowest BCUT2D eigenvalue weighted by Crippen LogP contribution is -1.96. The van der Waals surface area contributed by atoms with Crippen LogP contribution in [0.1, 0.15) is 11.1 Å². The number of aromatic nitrogens is 1. The van der Waals surface area contributed by atoms with Crippen LogP contribution in [0.3, 0.4) is 0 Å². The summed E-state index contributed by atoms with van der Waals surface area (Å²) in [6.45, 7) is 0.458. The minimum Gasteiger partial charge on any atom is -0.488 e. The van der Waals surface area contributed by atoms with Crippen LogP contribution in [0.15, 0.2) is 52.4 Å². The summed E-state index contributed by atoms with van der Waals surface area (Å²) in [7, 11) is 0. The van der Waals surface area contributed by atoms with Crippen LogP contribution in [0.5, 0.6) is 5.75 Å². The van der Waals surface area contributed by atoms with Crippen LogP contribution in [0.4, 0.5) is 0 Å². The summed E-state index contributed by atoms with van der Waals surface area (Å²) in [4.78, 5) is 4.02. The first-order chi connectivity index (χ1) is 8.79. The van der Waals surface area contributed by atoms with Gasteiger partial charge in [0.25, 0.3) is 0 Å². The zero-order valence-electron chi connectivity index (χ0n) is 9.45. The fourth-order valence-corrected chi connectivity index (χ4v) is 1.94. The van der Waals surface area contributed by atoms with E-state index in [9.17, 15) is 0 Å². The Morgan fingerprint density at radius 3 is 2.94 bits per heavy atom. The quantitative estimate of drug-likeness (QED) is 0.536. The molecule has 5 heteroatoms. The van der Waals surface area contributed by atoms with Crippen molar-refractivity contribution in [1.29, 1.82) is 0 Å². The van der Waals surface area contributed by atoms with Crippen LogP contribution in [0.2, 0.25) is 0 Å². The molecule has 1 heterocycles. The van der Waals surface area contributed by atoms with Crippen LogP contribution in [-0.2, 0) is 6.61 Å². The molecule has 0 saturated heterocycles. The van der Waals surface area contributed by atoms with E-state index in [0.29, 0.717) is 6.61 Å². The molecule has 0 spiro atoms. The van der Waals surface area contributed by atoms with Gasteiger partial charge in [-0.25, -0.2) is 0 Å². The maximum absolute atomic E-state index is 8.45. The molecule has 0 unspecified atom stereocenters. The van der Waals surface area contributed by atoms with Crippen LogP contribution < -0.4 is 4.74 Å². The summed E-state index contributed by atoms with van der Waals surface area (Å²) in [5, 5.41) is 11.4. The highest BCUT2D eigenvalue weighted by Gasteiger charge is 2.02. The third-order valence-corrected chi connectivity index (χ3v) is 2.90. The molecule has 0 aliphatic carbocycles. The van der Waals surface area contributed by atoms with E-state index in [1.165, 1.54) is 6.21 Å². The van der Waals surface area contributed by atoms with Gasteiger partial charge in [-0.05, 0) is 45.8 Å². The average molecular weight is 307 g/mol. The van der Waals surface area contributed by atoms with Crippen LogP contribution in [-0.4, -0.2) is 16.4 Å². The van der Waals surface area contributed by atoms with Gasteiger partial charge < -0.3 is 9.94 Å². The van der Waals surface area contributed by atoms with Gasteiger partial charge in [0, 0.05) is 18.0 Å². The summed E-state index contributed by atoms with van der Waals surface area (Å²) in [6.07, 6.45) is 4.85. The lowest BCUT2D eigenvalue weighted by Gasteiger charge is -2.08. The molecule has 0 aliphatic rings. The number of oxime groups is 1. The number of rotatable bonds is 4. The van der Waals surface area contributed by atoms with Crippen molar-refractivity contribution in [2.24, 2.45) is 5.16 Å². The summed E-state index contributed by atoms with van der Waals surface area (Å²) in [6, 6.07) is 9.26. The van der Waals surface area contributed by atoms with Gasteiger partial charge in [0.1, 0.15) is 12.4 Å². The Kier molecular flexibility index (Phi) is 4.30. The van der Waals surface area contributed by atoms with Gasteiger partial charge in [0.2, 0.25) is 0 Å². The minimum atomic E-state index is 0.458. The normalized spacial score (nSPS) is 10.7. The smallest absolute Gasteiger partial charge is 0.134 e. The number of benzene rings is 1. The summed E-state index contributed by atoms with van der Waals surface area (Å²) < 4.78 is 6.47. The Bertz CT molecular complexity index is 544. The molecule has 0 bridgehead atoms. The van der Waals surface area contributed by atoms with Gasteiger partial charge in [-0.1, -0.05) is 11.2 Å². The second-order valence-corrected chi connectivity index (χ2v) is 4.44. The number of nitrogens with zero attached hydrogens (tertiary/aromatic N) is 2. The maximum atomic E-state index is 8.45.